The predicted molar refractivity (Wildman–Crippen MR) is 145 cm³/mol. The summed E-state index contributed by atoms with van der Waals surface area (Å²) in [6.07, 6.45) is 14.4. The molecule has 0 aliphatic heterocycles. The Morgan fingerprint density at radius 3 is 2.16 bits per heavy atom. The fraction of sp³-hybridized carbons (Fsp3) is 0.786. The van der Waals surface area contributed by atoms with E-state index >= 15 is 0 Å². The third-order valence-electron chi connectivity index (χ3n) is 8.84. The quantitative estimate of drug-likeness (QED) is 0.152. The zero-order valence-electron chi connectivity index (χ0n) is 22.5. The van der Waals surface area contributed by atoms with E-state index in [1.54, 1.807) is 6.07 Å². The highest BCUT2D eigenvalue weighted by Gasteiger charge is 2.46. The molecule has 2 saturated carbocycles. The van der Waals surface area contributed by atoms with Crippen LogP contribution in [-0.4, -0.2) is 26.6 Å². The monoisotopic (exact) mass is 576 g/mol. The van der Waals surface area contributed by atoms with Crippen LogP contribution in [0.2, 0.25) is 0 Å². The van der Waals surface area contributed by atoms with E-state index in [1.165, 1.54) is 57.4 Å². The van der Waals surface area contributed by atoms with Crippen LogP contribution in [-0.2, 0) is 9.13 Å². The summed E-state index contributed by atoms with van der Waals surface area (Å²) in [5.74, 6) is 0.298. The highest BCUT2D eigenvalue weighted by atomic mass is 31.2. The minimum Gasteiger partial charge on any atom is -0.490 e. The summed E-state index contributed by atoms with van der Waals surface area (Å²) < 4.78 is 57.3. The van der Waals surface area contributed by atoms with Crippen molar-refractivity contribution in [3.05, 3.63) is 29.3 Å². The van der Waals surface area contributed by atoms with Crippen LogP contribution in [0.3, 0.4) is 0 Å². The van der Waals surface area contributed by atoms with Crippen molar-refractivity contribution in [2.45, 2.75) is 114 Å². The second-order valence-corrected chi connectivity index (χ2v) is 14.5. The van der Waals surface area contributed by atoms with Crippen LogP contribution in [0.5, 0.6) is 5.75 Å². The van der Waals surface area contributed by atoms with Gasteiger partial charge in [0.2, 0.25) is 19.4 Å². The van der Waals surface area contributed by atoms with E-state index in [2.05, 4.69) is 6.92 Å². The Labute approximate surface area is 227 Å². The molecule has 0 bridgehead atoms. The SMILES string of the molecule is CCCCCC1CCC(C2CCC(c3ccc(OCCCCC(O)(P=O)P(=O)(O)O)c(F)c3F)CC2)CC1. The molecule has 2 fully saturated rings. The largest absolute Gasteiger partial charge is 0.490 e. The van der Waals surface area contributed by atoms with Gasteiger partial charge in [-0.2, -0.15) is 4.39 Å². The minimum atomic E-state index is -4.97. The molecule has 2 aliphatic carbocycles. The van der Waals surface area contributed by atoms with Crippen LogP contribution < -0.4 is 4.74 Å². The summed E-state index contributed by atoms with van der Waals surface area (Å²) in [5.41, 5.74) is 0.411. The summed E-state index contributed by atoms with van der Waals surface area (Å²) >= 11 is 0. The van der Waals surface area contributed by atoms with Crippen LogP contribution in [0, 0.1) is 29.4 Å². The molecule has 0 radical (unpaired) electrons. The maximum absolute atomic E-state index is 15.0. The fourth-order valence-corrected chi connectivity index (χ4v) is 7.52. The summed E-state index contributed by atoms with van der Waals surface area (Å²) in [4.78, 5) is 18.3. The van der Waals surface area contributed by atoms with Crippen LogP contribution in [0.1, 0.15) is 115 Å². The van der Waals surface area contributed by atoms with Gasteiger partial charge in [0.1, 0.15) is 0 Å². The lowest BCUT2D eigenvalue weighted by Crippen LogP contribution is -2.25. The van der Waals surface area contributed by atoms with Crippen molar-refractivity contribution in [3.63, 3.8) is 0 Å². The van der Waals surface area contributed by atoms with Gasteiger partial charge in [-0.15, -0.1) is 0 Å². The molecular formula is C28H44F2O6P2. The smallest absolute Gasteiger partial charge is 0.368 e. The lowest BCUT2D eigenvalue weighted by Gasteiger charge is -2.38. The van der Waals surface area contributed by atoms with Crippen LogP contribution in [0.15, 0.2) is 12.1 Å². The molecule has 6 nitrogen and oxygen atoms in total. The first-order valence-corrected chi connectivity index (χ1v) is 16.7. The maximum atomic E-state index is 15.0. The number of halogens is 2. The van der Waals surface area contributed by atoms with Crippen LogP contribution in [0.25, 0.3) is 0 Å². The number of unbranched alkanes of at least 4 members (excludes halogenated alkanes) is 3. The van der Waals surface area contributed by atoms with Crippen molar-refractivity contribution in [1.29, 1.82) is 0 Å². The average molecular weight is 577 g/mol. The molecule has 1 aromatic carbocycles. The summed E-state index contributed by atoms with van der Waals surface area (Å²) in [6.45, 7) is 2.22. The Kier molecular flexibility index (Phi) is 12.2. The third-order valence-corrected chi connectivity index (χ3v) is 11.5. The Balaban J connectivity index is 1.43. The first kappa shape index (κ1) is 31.6. The first-order chi connectivity index (χ1) is 18.1. The van der Waals surface area contributed by atoms with E-state index in [9.17, 15) is 23.0 Å². The summed E-state index contributed by atoms with van der Waals surface area (Å²) in [5, 5.41) is 7.17. The highest BCUT2D eigenvalue weighted by molar-refractivity contribution is 7.63. The molecule has 1 unspecified atom stereocenters. The summed E-state index contributed by atoms with van der Waals surface area (Å²) in [6, 6.07) is 3.06. The molecule has 38 heavy (non-hydrogen) atoms. The molecule has 0 saturated heterocycles. The lowest BCUT2D eigenvalue weighted by atomic mass is 9.68. The van der Waals surface area contributed by atoms with Gasteiger partial charge < -0.3 is 19.6 Å². The number of rotatable bonds is 14. The fourth-order valence-electron chi connectivity index (χ4n) is 6.40. The number of hydrogen-bond donors (Lipinski definition) is 3. The van der Waals surface area contributed by atoms with Crippen LogP contribution in [0.4, 0.5) is 8.78 Å². The van der Waals surface area contributed by atoms with Gasteiger partial charge >= 0.3 is 7.60 Å². The van der Waals surface area contributed by atoms with E-state index in [0.29, 0.717) is 11.5 Å². The number of benzene rings is 1. The zero-order chi connectivity index (χ0) is 27.8. The van der Waals surface area contributed by atoms with Crippen molar-refractivity contribution < 1.29 is 37.5 Å². The Morgan fingerprint density at radius 1 is 0.947 bits per heavy atom. The molecule has 0 amide bonds. The van der Waals surface area contributed by atoms with Gasteiger partial charge in [0.05, 0.1) is 6.61 Å². The van der Waals surface area contributed by atoms with Crippen molar-refractivity contribution >= 4 is 16.1 Å². The van der Waals surface area contributed by atoms with E-state index in [0.717, 1.165) is 37.5 Å². The predicted octanol–water partition coefficient (Wildman–Crippen LogP) is 8.29. The van der Waals surface area contributed by atoms with Gasteiger partial charge in [0, 0.05) is 0 Å². The molecule has 1 atom stereocenters. The average Bonchev–Trinajstić information content (AvgIpc) is 2.91. The van der Waals surface area contributed by atoms with E-state index in [-0.39, 0.29) is 31.1 Å². The van der Waals surface area contributed by atoms with Gasteiger partial charge in [-0.25, -0.2) is 4.39 Å². The molecule has 216 valence electrons. The Bertz CT molecular complexity index is 942. The number of hydrogen-bond acceptors (Lipinski definition) is 4. The van der Waals surface area contributed by atoms with E-state index in [4.69, 9.17) is 14.5 Å². The topological polar surface area (TPSA) is 104 Å². The Hall–Kier alpha value is -0.910. The molecule has 0 aromatic heterocycles. The van der Waals surface area contributed by atoms with Crippen LogP contribution >= 0.6 is 16.1 Å². The molecule has 0 heterocycles. The summed E-state index contributed by atoms with van der Waals surface area (Å²) in [7, 11) is -6.03. The highest BCUT2D eigenvalue weighted by Crippen LogP contribution is 2.57. The Morgan fingerprint density at radius 2 is 1.58 bits per heavy atom. The second kappa shape index (κ2) is 14.6. The molecule has 0 spiro atoms. The second-order valence-electron chi connectivity index (χ2n) is 11.4. The number of aliphatic hydroxyl groups is 1. The van der Waals surface area contributed by atoms with Crippen molar-refractivity contribution in [1.82, 2.24) is 0 Å². The van der Waals surface area contributed by atoms with Gasteiger partial charge in [0.25, 0.3) is 0 Å². The van der Waals surface area contributed by atoms with Gasteiger partial charge in [0.15, 0.2) is 11.6 Å². The molecule has 10 heteroatoms. The maximum Gasteiger partial charge on any atom is 0.368 e. The molecule has 3 rings (SSSR count). The standard InChI is InChI=1S/C28H44F2O6P2/c1-2-3-4-7-20-8-10-21(11-9-20)22-12-14-23(15-13-22)24-16-17-25(27(30)26(24)29)36-19-6-5-18-28(31,37-32)38(33,34)35/h16-17,20-23,31H,2-15,18-19H2,1H3,(H2,33,34,35). The molecule has 2 aliphatic rings. The molecule has 3 N–H and O–H groups in total. The van der Waals surface area contributed by atoms with E-state index in [1.807, 2.05) is 0 Å². The van der Waals surface area contributed by atoms with E-state index < -0.39 is 39.2 Å². The van der Waals surface area contributed by atoms with Crippen molar-refractivity contribution in [3.8, 4) is 5.75 Å². The minimum absolute atomic E-state index is 0.0109. The first-order valence-electron chi connectivity index (χ1n) is 14.3. The third kappa shape index (κ3) is 8.30. The molecular weight excluding hydrogens is 532 g/mol. The normalized spacial score (nSPS) is 26.3. The van der Waals surface area contributed by atoms with Crippen molar-refractivity contribution in [2.75, 3.05) is 6.61 Å². The number of ether oxygens (including phenoxy) is 1. The van der Waals surface area contributed by atoms with Gasteiger partial charge in [-0.1, -0.05) is 51.5 Å². The van der Waals surface area contributed by atoms with Gasteiger partial charge in [-0.3, -0.25) is 9.13 Å². The zero-order valence-corrected chi connectivity index (χ0v) is 24.3. The van der Waals surface area contributed by atoms with Gasteiger partial charge in [-0.05, 0) is 93.1 Å². The molecule has 1 aromatic rings. The lowest BCUT2D eigenvalue weighted by molar-refractivity contribution is 0.152. The van der Waals surface area contributed by atoms with Crippen molar-refractivity contribution in [2.24, 2.45) is 17.8 Å².